The van der Waals surface area contributed by atoms with Crippen molar-refractivity contribution in [3.8, 4) is 5.75 Å². The van der Waals surface area contributed by atoms with Crippen LogP contribution in [0.4, 0.5) is 5.69 Å². The molecule has 0 saturated carbocycles. The number of carbonyl (C=O) groups excluding carboxylic acids is 2. The predicted octanol–water partition coefficient (Wildman–Crippen LogP) is 4.97. The molecule has 1 aromatic heterocycles. The summed E-state index contributed by atoms with van der Waals surface area (Å²) in [5.41, 5.74) is 4.53. The molecule has 1 saturated heterocycles. The van der Waals surface area contributed by atoms with Crippen molar-refractivity contribution in [1.82, 2.24) is 4.68 Å². The number of thiocarbonyl (C=S) groups is 1. The molecule has 1 aliphatic rings. The van der Waals surface area contributed by atoms with E-state index in [0.29, 0.717) is 15.0 Å². The first kappa shape index (κ1) is 22.8. The highest BCUT2D eigenvalue weighted by molar-refractivity contribution is 8.27. The minimum Gasteiger partial charge on any atom is -0.484 e. The van der Waals surface area contributed by atoms with Crippen LogP contribution < -0.4 is 15.1 Å². The number of amides is 2. The van der Waals surface area contributed by atoms with Crippen LogP contribution in [0, 0.1) is 20.8 Å². The Morgan fingerprint density at radius 1 is 1.06 bits per heavy atom. The lowest BCUT2D eigenvalue weighted by Gasteiger charge is -2.20. The summed E-state index contributed by atoms with van der Waals surface area (Å²) in [7, 11) is 0. The third kappa shape index (κ3) is 5.18. The minimum absolute atomic E-state index is 0.0957. The summed E-state index contributed by atoms with van der Waals surface area (Å²) in [6, 6.07) is 18.7. The number of benzene rings is 2. The van der Waals surface area contributed by atoms with Gasteiger partial charge in [-0.25, -0.2) is 0 Å². The summed E-state index contributed by atoms with van der Waals surface area (Å²) in [5.74, 6) is 0.183. The molecular formula is C25H23N3O3S2. The van der Waals surface area contributed by atoms with Crippen LogP contribution in [0.5, 0.6) is 5.75 Å². The molecule has 0 unspecified atom stereocenters. The first-order valence-electron chi connectivity index (χ1n) is 10.3. The zero-order valence-corrected chi connectivity index (χ0v) is 20.1. The van der Waals surface area contributed by atoms with Gasteiger partial charge in [0, 0.05) is 17.1 Å². The SMILES string of the molecule is Cc1cccc(NC(=O)COc2ccc(/C=C3/SC(=S)N(n4c(C)ccc4C)C3=O)cc2)c1. The number of hydrogen-bond acceptors (Lipinski definition) is 5. The molecule has 1 aliphatic heterocycles. The number of rotatable bonds is 6. The first-order chi connectivity index (χ1) is 15.8. The molecule has 1 N–H and O–H groups in total. The van der Waals surface area contributed by atoms with Crippen LogP contribution in [-0.2, 0) is 9.59 Å². The Morgan fingerprint density at radius 2 is 1.76 bits per heavy atom. The van der Waals surface area contributed by atoms with Crippen LogP contribution >= 0.6 is 24.0 Å². The lowest BCUT2D eigenvalue weighted by atomic mass is 10.2. The number of ether oxygens (including phenoxy) is 1. The van der Waals surface area contributed by atoms with E-state index in [2.05, 4.69) is 5.32 Å². The molecule has 2 aromatic carbocycles. The van der Waals surface area contributed by atoms with Gasteiger partial charge in [0.25, 0.3) is 11.8 Å². The second-order valence-corrected chi connectivity index (χ2v) is 9.37. The molecule has 6 nitrogen and oxygen atoms in total. The Morgan fingerprint density at radius 3 is 2.42 bits per heavy atom. The monoisotopic (exact) mass is 477 g/mol. The topological polar surface area (TPSA) is 63.6 Å². The van der Waals surface area contributed by atoms with Crippen molar-refractivity contribution >= 4 is 51.9 Å². The average Bonchev–Trinajstić information content (AvgIpc) is 3.24. The number of hydrogen-bond donors (Lipinski definition) is 1. The molecule has 3 aromatic rings. The molecule has 2 heterocycles. The highest BCUT2D eigenvalue weighted by atomic mass is 32.2. The fourth-order valence-electron chi connectivity index (χ4n) is 3.49. The molecule has 0 radical (unpaired) electrons. The van der Waals surface area contributed by atoms with Gasteiger partial charge in [-0.05, 0) is 86.6 Å². The van der Waals surface area contributed by atoms with E-state index in [4.69, 9.17) is 17.0 Å². The number of carbonyl (C=O) groups is 2. The summed E-state index contributed by atoms with van der Waals surface area (Å²) >= 11 is 6.74. The molecule has 0 aliphatic carbocycles. The number of aryl methyl sites for hydroxylation is 3. The Labute approximate surface area is 202 Å². The maximum Gasteiger partial charge on any atom is 0.285 e. The van der Waals surface area contributed by atoms with Gasteiger partial charge in [0.15, 0.2) is 10.9 Å². The molecule has 8 heteroatoms. The molecule has 0 spiro atoms. The number of nitrogens with one attached hydrogen (secondary N) is 1. The van der Waals surface area contributed by atoms with Crippen molar-refractivity contribution in [2.75, 3.05) is 16.9 Å². The summed E-state index contributed by atoms with van der Waals surface area (Å²) in [4.78, 5) is 25.7. The molecule has 4 rings (SSSR count). The average molecular weight is 478 g/mol. The number of aromatic nitrogens is 1. The Balaban J connectivity index is 1.39. The second-order valence-electron chi connectivity index (χ2n) is 7.70. The van der Waals surface area contributed by atoms with Crippen molar-refractivity contribution < 1.29 is 14.3 Å². The van der Waals surface area contributed by atoms with E-state index in [1.807, 2.05) is 80.1 Å². The normalized spacial score (nSPS) is 14.8. The molecule has 2 amide bonds. The fraction of sp³-hybridized carbons (Fsp3) is 0.160. The summed E-state index contributed by atoms with van der Waals surface area (Å²) < 4.78 is 7.91. The van der Waals surface area contributed by atoms with Crippen LogP contribution in [0.3, 0.4) is 0 Å². The van der Waals surface area contributed by atoms with Gasteiger partial charge < -0.3 is 10.1 Å². The molecule has 168 valence electrons. The summed E-state index contributed by atoms with van der Waals surface area (Å²) in [6.45, 7) is 5.75. The van der Waals surface area contributed by atoms with E-state index >= 15 is 0 Å². The van der Waals surface area contributed by atoms with Gasteiger partial charge in [-0.3, -0.25) is 14.3 Å². The summed E-state index contributed by atoms with van der Waals surface area (Å²) in [6.07, 6.45) is 1.81. The molecule has 33 heavy (non-hydrogen) atoms. The lowest BCUT2D eigenvalue weighted by Crippen LogP contribution is -2.39. The first-order valence-corrected chi connectivity index (χ1v) is 11.6. The standard InChI is InChI=1S/C25H23N3O3S2/c1-16-5-4-6-20(13-16)26-23(29)15-31-21-11-9-19(10-12-21)14-22-24(30)28(25(32)33-22)27-17(2)7-8-18(27)3/h4-14H,15H2,1-3H3,(H,26,29)/b22-14+. The van der Waals surface area contributed by atoms with Crippen LogP contribution in [0.25, 0.3) is 6.08 Å². The number of nitrogens with zero attached hydrogens (tertiary/aromatic N) is 2. The van der Waals surface area contributed by atoms with E-state index in [0.717, 1.165) is 28.2 Å². The smallest absolute Gasteiger partial charge is 0.285 e. The van der Waals surface area contributed by atoms with Crippen molar-refractivity contribution in [3.63, 3.8) is 0 Å². The van der Waals surface area contributed by atoms with Gasteiger partial charge in [0.05, 0.1) is 4.91 Å². The molecule has 0 bridgehead atoms. The van der Waals surface area contributed by atoms with Crippen molar-refractivity contribution in [2.24, 2.45) is 0 Å². The molecular weight excluding hydrogens is 454 g/mol. The Kier molecular flexibility index (Phi) is 6.67. The van der Waals surface area contributed by atoms with E-state index in [-0.39, 0.29) is 18.4 Å². The van der Waals surface area contributed by atoms with Crippen LogP contribution in [0.1, 0.15) is 22.5 Å². The van der Waals surface area contributed by atoms with E-state index < -0.39 is 0 Å². The lowest BCUT2D eigenvalue weighted by molar-refractivity contribution is -0.118. The zero-order chi connectivity index (χ0) is 23.5. The second kappa shape index (κ2) is 9.64. The van der Waals surface area contributed by atoms with Crippen LogP contribution in [0.15, 0.2) is 65.6 Å². The van der Waals surface area contributed by atoms with Gasteiger partial charge in [-0.15, -0.1) is 0 Å². The van der Waals surface area contributed by atoms with Gasteiger partial charge in [-0.1, -0.05) is 36.0 Å². The quantitative estimate of drug-likeness (QED) is 0.401. The van der Waals surface area contributed by atoms with Crippen LogP contribution in [0.2, 0.25) is 0 Å². The third-order valence-corrected chi connectivity index (χ3v) is 6.34. The van der Waals surface area contributed by atoms with Gasteiger partial charge in [-0.2, -0.15) is 5.01 Å². The Hall–Kier alpha value is -3.36. The minimum atomic E-state index is -0.232. The summed E-state index contributed by atoms with van der Waals surface area (Å²) in [5, 5.41) is 4.34. The van der Waals surface area contributed by atoms with Crippen molar-refractivity contribution in [1.29, 1.82) is 0 Å². The van der Waals surface area contributed by atoms with Crippen molar-refractivity contribution in [3.05, 3.63) is 88.1 Å². The van der Waals surface area contributed by atoms with E-state index in [1.54, 1.807) is 12.1 Å². The van der Waals surface area contributed by atoms with Gasteiger partial charge in [0.1, 0.15) is 5.75 Å². The third-order valence-electron chi connectivity index (χ3n) is 5.06. The highest BCUT2D eigenvalue weighted by Crippen LogP contribution is 2.33. The van der Waals surface area contributed by atoms with E-state index in [9.17, 15) is 9.59 Å². The van der Waals surface area contributed by atoms with Gasteiger partial charge >= 0.3 is 0 Å². The zero-order valence-electron chi connectivity index (χ0n) is 18.5. The number of anilines is 1. The van der Waals surface area contributed by atoms with Crippen molar-refractivity contribution in [2.45, 2.75) is 20.8 Å². The number of thioether (sulfide) groups is 1. The van der Waals surface area contributed by atoms with Gasteiger partial charge in [0.2, 0.25) is 0 Å². The molecule has 0 atom stereocenters. The predicted molar refractivity (Wildman–Crippen MR) is 137 cm³/mol. The highest BCUT2D eigenvalue weighted by Gasteiger charge is 2.34. The molecule has 1 fully saturated rings. The largest absolute Gasteiger partial charge is 0.484 e. The maximum atomic E-state index is 13.0. The fourth-order valence-corrected chi connectivity index (χ4v) is 4.73. The van der Waals surface area contributed by atoms with E-state index in [1.165, 1.54) is 16.8 Å². The Bertz CT molecular complexity index is 1240. The van der Waals surface area contributed by atoms with Crippen LogP contribution in [-0.4, -0.2) is 27.4 Å². The maximum absolute atomic E-state index is 13.0.